The lowest BCUT2D eigenvalue weighted by molar-refractivity contribution is 0.0699. The zero-order valence-corrected chi connectivity index (χ0v) is 17.0. The van der Waals surface area contributed by atoms with Gasteiger partial charge in [-0.05, 0) is 68.1 Å². The number of benzene rings is 2. The Balaban J connectivity index is 2.33. The number of carboxylic acid groups (broad SMARTS) is 1. The standard InChI is InChI=1S/C21H23BrN2O3/c1-12-6-8-15(21(25)26)18-14(5-3-4-10-23)20(24-19(12)18)16-11-13(22)7-9-17(16)27-2/h6-9,11,24H,3-5,10,23H2,1-2H3,(H,25,26). The largest absolute Gasteiger partial charge is 0.496 e. The average molecular weight is 431 g/mol. The summed E-state index contributed by atoms with van der Waals surface area (Å²) in [5.41, 5.74) is 10.7. The highest BCUT2D eigenvalue weighted by atomic mass is 79.9. The third-order valence-electron chi connectivity index (χ3n) is 4.81. The summed E-state index contributed by atoms with van der Waals surface area (Å²) in [5.74, 6) is -0.189. The minimum atomic E-state index is -0.924. The van der Waals surface area contributed by atoms with Crippen molar-refractivity contribution in [1.82, 2.24) is 4.98 Å². The molecule has 142 valence electrons. The van der Waals surface area contributed by atoms with E-state index in [9.17, 15) is 9.90 Å². The third kappa shape index (κ3) is 3.73. The van der Waals surface area contributed by atoms with Gasteiger partial charge in [-0.3, -0.25) is 0 Å². The maximum Gasteiger partial charge on any atom is 0.336 e. The van der Waals surface area contributed by atoms with Gasteiger partial charge in [-0.1, -0.05) is 22.0 Å². The highest BCUT2D eigenvalue weighted by Crippen LogP contribution is 2.40. The molecule has 0 aliphatic carbocycles. The van der Waals surface area contributed by atoms with Crippen LogP contribution in [0, 0.1) is 6.92 Å². The fourth-order valence-electron chi connectivity index (χ4n) is 3.49. The Labute approximate surface area is 166 Å². The molecule has 0 bridgehead atoms. The number of nitrogens with one attached hydrogen (secondary N) is 1. The summed E-state index contributed by atoms with van der Waals surface area (Å²) in [6, 6.07) is 9.34. The van der Waals surface area contributed by atoms with Crippen molar-refractivity contribution in [3.8, 4) is 17.0 Å². The molecule has 0 aliphatic rings. The van der Waals surface area contributed by atoms with Gasteiger partial charge in [0.15, 0.2) is 0 Å². The molecule has 5 nitrogen and oxygen atoms in total. The molecule has 6 heteroatoms. The van der Waals surface area contributed by atoms with Crippen LogP contribution in [0.3, 0.4) is 0 Å². The molecule has 0 radical (unpaired) electrons. The maximum absolute atomic E-state index is 11.9. The zero-order chi connectivity index (χ0) is 19.6. The van der Waals surface area contributed by atoms with Crippen molar-refractivity contribution in [3.05, 3.63) is 51.5 Å². The third-order valence-corrected chi connectivity index (χ3v) is 5.30. The number of nitrogens with two attached hydrogens (primary N) is 1. The van der Waals surface area contributed by atoms with E-state index in [0.717, 1.165) is 62.8 Å². The van der Waals surface area contributed by atoms with E-state index in [0.29, 0.717) is 12.1 Å². The first-order valence-electron chi connectivity index (χ1n) is 8.89. The second-order valence-electron chi connectivity index (χ2n) is 6.55. The van der Waals surface area contributed by atoms with Gasteiger partial charge in [0.05, 0.1) is 18.4 Å². The number of hydrogen-bond acceptors (Lipinski definition) is 3. The van der Waals surface area contributed by atoms with E-state index in [4.69, 9.17) is 10.5 Å². The molecule has 0 amide bonds. The normalized spacial score (nSPS) is 11.1. The molecule has 0 saturated carbocycles. The van der Waals surface area contributed by atoms with Crippen molar-refractivity contribution in [2.45, 2.75) is 26.2 Å². The number of carbonyl (C=O) groups is 1. The summed E-state index contributed by atoms with van der Waals surface area (Å²) in [7, 11) is 1.64. The smallest absolute Gasteiger partial charge is 0.336 e. The molecule has 3 aromatic rings. The maximum atomic E-state index is 11.9. The molecular weight excluding hydrogens is 408 g/mol. The van der Waals surface area contributed by atoms with Crippen molar-refractivity contribution >= 4 is 32.8 Å². The molecule has 0 atom stereocenters. The van der Waals surface area contributed by atoms with Crippen LogP contribution >= 0.6 is 15.9 Å². The molecule has 1 aromatic heterocycles. The van der Waals surface area contributed by atoms with Crippen LogP contribution in [0.4, 0.5) is 0 Å². The van der Waals surface area contributed by atoms with Gasteiger partial charge in [0.1, 0.15) is 5.75 Å². The van der Waals surface area contributed by atoms with Crippen LogP contribution in [0.2, 0.25) is 0 Å². The van der Waals surface area contributed by atoms with Crippen molar-refractivity contribution in [3.63, 3.8) is 0 Å². The zero-order valence-electron chi connectivity index (χ0n) is 15.4. The lowest BCUT2D eigenvalue weighted by Crippen LogP contribution is -2.01. The monoisotopic (exact) mass is 430 g/mol. The lowest BCUT2D eigenvalue weighted by atomic mass is 9.96. The van der Waals surface area contributed by atoms with Gasteiger partial charge in [-0.15, -0.1) is 0 Å². The van der Waals surface area contributed by atoms with Gasteiger partial charge in [0, 0.05) is 20.9 Å². The van der Waals surface area contributed by atoms with Crippen LogP contribution in [0.5, 0.6) is 5.75 Å². The first-order chi connectivity index (χ1) is 13.0. The number of carboxylic acids is 1. The number of aromatic carboxylic acids is 1. The number of aryl methyl sites for hydroxylation is 2. The molecule has 0 aliphatic heterocycles. The molecule has 1 heterocycles. The number of rotatable bonds is 7. The Hall–Kier alpha value is -2.31. The predicted octanol–water partition coefficient (Wildman–Crippen LogP) is 4.89. The van der Waals surface area contributed by atoms with Crippen LogP contribution < -0.4 is 10.5 Å². The van der Waals surface area contributed by atoms with E-state index in [2.05, 4.69) is 20.9 Å². The topological polar surface area (TPSA) is 88.3 Å². The highest BCUT2D eigenvalue weighted by Gasteiger charge is 2.22. The van der Waals surface area contributed by atoms with Crippen molar-refractivity contribution < 1.29 is 14.6 Å². The Morgan fingerprint density at radius 3 is 2.70 bits per heavy atom. The fourth-order valence-corrected chi connectivity index (χ4v) is 3.85. The SMILES string of the molecule is COc1ccc(Br)cc1-c1[nH]c2c(C)ccc(C(=O)O)c2c1CCCCN. The molecule has 27 heavy (non-hydrogen) atoms. The number of hydrogen-bond donors (Lipinski definition) is 3. The Morgan fingerprint density at radius 1 is 1.26 bits per heavy atom. The fraction of sp³-hybridized carbons (Fsp3) is 0.286. The van der Waals surface area contributed by atoms with E-state index >= 15 is 0 Å². The first-order valence-corrected chi connectivity index (χ1v) is 9.68. The number of unbranched alkanes of at least 4 members (excludes halogenated alkanes) is 1. The second-order valence-corrected chi connectivity index (χ2v) is 7.47. The number of fused-ring (bicyclic) bond motifs is 1. The summed E-state index contributed by atoms with van der Waals surface area (Å²) >= 11 is 3.53. The number of aromatic nitrogens is 1. The Morgan fingerprint density at radius 2 is 2.04 bits per heavy atom. The summed E-state index contributed by atoms with van der Waals surface area (Å²) in [4.78, 5) is 15.3. The minimum absolute atomic E-state index is 0.315. The Kier molecular flexibility index (Phi) is 5.87. The van der Waals surface area contributed by atoms with Crippen molar-refractivity contribution in [1.29, 1.82) is 0 Å². The summed E-state index contributed by atoms with van der Waals surface area (Å²) < 4.78 is 6.49. The molecule has 2 aromatic carbocycles. The van der Waals surface area contributed by atoms with Gasteiger partial charge in [-0.25, -0.2) is 4.79 Å². The Bertz CT molecular complexity index is 995. The predicted molar refractivity (Wildman–Crippen MR) is 112 cm³/mol. The highest BCUT2D eigenvalue weighted by molar-refractivity contribution is 9.10. The van der Waals surface area contributed by atoms with Crippen LogP contribution in [-0.4, -0.2) is 29.7 Å². The number of halogens is 1. The molecule has 0 fully saturated rings. The van der Waals surface area contributed by atoms with Crippen molar-refractivity contribution in [2.24, 2.45) is 5.73 Å². The molecule has 0 saturated heterocycles. The van der Waals surface area contributed by atoms with E-state index in [-0.39, 0.29) is 0 Å². The van der Waals surface area contributed by atoms with Gasteiger partial charge >= 0.3 is 5.97 Å². The van der Waals surface area contributed by atoms with Crippen LogP contribution in [-0.2, 0) is 6.42 Å². The number of methoxy groups -OCH3 is 1. The first kappa shape index (κ1) is 19.5. The van der Waals surface area contributed by atoms with Crippen LogP contribution in [0.15, 0.2) is 34.8 Å². The van der Waals surface area contributed by atoms with Crippen LogP contribution in [0.1, 0.15) is 34.3 Å². The number of ether oxygens (including phenoxy) is 1. The quantitative estimate of drug-likeness (QED) is 0.465. The summed E-state index contributed by atoms with van der Waals surface area (Å²) in [6.45, 7) is 2.60. The molecule has 4 N–H and O–H groups in total. The summed E-state index contributed by atoms with van der Waals surface area (Å²) in [6.07, 6.45) is 2.52. The van der Waals surface area contributed by atoms with E-state index in [1.54, 1.807) is 13.2 Å². The molecule has 3 rings (SSSR count). The summed E-state index contributed by atoms with van der Waals surface area (Å²) in [5, 5.41) is 10.5. The van der Waals surface area contributed by atoms with Gasteiger partial charge in [0.2, 0.25) is 0 Å². The molecule has 0 unspecified atom stereocenters. The minimum Gasteiger partial charge on any atom is -0.496 e. The van der Waals surface area contributed by atoms with Crippen molar-refractivity contribution in [2.75, 3.05) is 13.7 Å². The lowest BCUT2D eigenvalue weighted by Gasteiger charge is -2.11. The van der Waals surface area contributed by atoms with E-state index in [1.165, 1.54) is 0 Å². The second kappa shape index (κ2) is 8.15. The van der Waals surface area contributed by atoms with Gasteiger partial charge in [0.25, 0.3) is 0 Å². The van der Waals surface area contributed by atoms with Gasteiger partial charge in [-0.2, -0.15) is 0 Å². The molecule has 0 spiro atoms. The molecular formula is C21H23BrN2O3. The average Bonchev–Trinajstić information content (AvgIpc) is 3.02. The van der Waals surface area contributed by atoms with E-state index in [1.807, 2.05) is 31.2 Å². The van der Waals surface area contributed by atoms with Gasteiger partial charge < -0.3 is 20.6 Å². The number of aromatic amines is 1. The van der Waals surface area contributed by atoms with E-state index < -0.39 is 5.97 Å². The van der Waals surface area contributed by atoms with Crippen LogP contribution in [0.25, 0.3) is 22.2 Å². The number of H-pyrrole nitrogens is 1.